The van der Waals surface area contributed by atoms with Crippen LogP contribution in [0.15, 0.2) is 39.1 Å². The highest BCUT2D eigenvalue weighted by atomic mass is 79.9. The van der Waals surface area contributed by atoms with E-state index < -0.39 is 0 Å². The van der Waals surface area contributed by atoms with Crippen LogP contribution in [0.25, 0.3) is 0 Å². The van der Waals surface area contributed by atoms with Crippen LogP contribution in [-0.2, 0) is 9.59 Å². The summed E-state index contributed by atoms with van der Waals surface area (Å²) in [6, 6.07) is 4.04. The number of unbranched alkanes of at least 4 members (excludes halogenated alkanes) is 5. The third-order valence-corrected chi connectivity index (χ3v) is 8.24. The van der Waals surface area contributed by atoms with Gasteiger partial charge in [-0.05, 0) is 72.7 Å². The first-order valence-electron chi connectivity index (χ1n) is 13.8. The smallest absolute Gasteiger partial charge is 0.175 e. The summed E-state index contributed by atoms with van der Waals surface area (Å²) in [6.07, 6.45) is 11.8. The second kappa shape index (κ2) is 12.4. The first kappa shape index (κ1) is 27.0. The fourth-order valence-electron chi connectivity index (χ4n) is 5.90. The van der Waals surface area contributed by atoms with Crippen LogP contribution in [-0.4, -0.2) is 36.7 Å². The van der Waals surface area contributed by atoms with Gasteiger partial charge in [-0.2, -0.15) is 0 Å². The normalized spacial score (nSPS) is 18.5. The molecule has 1 heterocycles. The highest BCUT2D eigenvalue weighted by Gasteiger charge is 2.42. The average Bonchev–Trinajstić information content (AvgIpc) is 2.86. The van der Waals surface area contributed by atoms with Crippen LogP contribution in [0, 0.1) is 0 Å². The van der Waals surface area contributed by atoms with Crippen LogP contribution in [0.2, 0.25) is 0 Å². The molecule has 5 nitrogen and oxygen atoms in total. The number of Topliss-reactive ketones (excluding diaryl/α,β-unsaturated/α-hetero) is 2. The lowest BCUT2D eigenvalue weighted by atomic mass is 9.71. The minimum atomic E-state index is -0.338. The van der Waals surface area contributed by atoms with Crippen molar-refractivity contribution in [2.45, 2.75) is 96.8 Å². The number of allylic oxidation sites excluding steroid dienone is 4. The van der Waals surface area contributed by atoms with E-state index in [1.54, 1.807) is 0 Å². The third kappa shape index (κ3) is 5.58. The summed E-state index contributed by atoms with van der Waals surface area (Å²) in [5.74, 6) is 1.36. The van der Waals surface area contributed by atoms with E-state index in [-0.39, 0.29) is 17.5 Å². The molecular weight excluding hydrogens is 518 g/mol. The lowest BCUT2D eigenvalue weighted by molar-refractivity contribution is -0.117. The van der Waals surface area contributed by atoms with E-state index in [0.29, 0.717) is 37.6 Å². The van der Waals surface area contributed by atoms with Gasteiger partial charge in [-0.1, -0.05) is 39.0 Å². The molecule has 2 aliphatic carbocycles. The Hall–Kier alpha value is -2.08. The Morgan fingerprint density at radius 1 is 0.861 bits per heavy atom. The van der Waals surface area contributed by atoms with Crippen molar-refractivity contribution in [3.8, 4) is 11.5 Å². The van der Waals surface area contributed by atoms with Gasteiger partial charge in [0.05, 0.1) is 17.7 Å². The number of carbonyl (C=O) groups excluding carboxylic acids is 2. The molecular formula is C30H40BrNO4. The zero-order valence-electron chi connectivity index (χ0n) is 22.1. The van der Waals surface area contributed by atoms with Crippen molar-refractivity contribution in [2.75, 3.05) is 20.3 Å². The van der Waals surface area contributed by atoms with Crippen LogP contribution < -0.4 is 9.47 Å². The molecule has 6 heteroatoms. The molecule has 1 aromatic rings. The zero-order chi connectivity index (χ0) is 25.7. The number of rotatable bonds is 11. The van der Waals surface area contributed by atoms with Crippen molar-refractivity contribution in [2.24, 2.45) is 0 Å². The quantitative estimate of drug-likeness (QED) is 0.262. The van der Waals surface area contributed by atoms with E-state index in [4.69, 9.17) is 9.47 Å². The Labute approximate surface area is 224 Å². The van der Waals surface area contributed by atoms with Gasteiger partial charge in [0.15, 0.2) is 23.1 Å². The topological polar surface area (TPSA) is 55.8 Å². The molecule has 4 rings (SSSR count). The molecule has 0 saturated carbocycles. The van der Waals surface area contributed by atoms with Gasteiger partial charge >= 0.3 is 0 Å². The summed E-state index contributed by atoms with van der Waals surface area (Å²) < 4.78 is 13.1. The fourth-order valence-corrected chi connectivity index (χ4v) is 6.47. The van der Waals surface area contributed by atoms with Crippen molar-refractivity contribution in [3.05, 3.63) is 44.7 Å². The number of ether oxygens (including phenoxy) is 2. The van der Waals surface area contributed by atoms with E-state index in [1.165, 1.54) is 25.7 Å². The monoisotopic (exact) mass is 557 g/mol. The molecule has 0 spiro atoms. The molecule has 0 bridgehead atoms. The Kier molecular flexibility index (Phi) is 9.32. The molecule has 36 heavy (non-hydrogen) atoms. The Morgan fingerprint density at radius 2 is 1.47 bits per heavy atom. The molecule has 0 saturated heterocycles. The number of benzene rings is 1. The van der Waals surface area contributed by atoms with Crippen molar-refractivity contribution in [1.29, 1.82) is 0 Å². The van der Waals surface area contributed by atoms with E-state index >= 15 is 0 Å². The van der Waals surface area contributed by atoms with Crippen molar-refractivity contribution in [1.82, 2.24) is 4.90 Å². The summed E-state index contributed by atoms with van der Waals surface area (Å²) in [4.78, 5) is 28.7. The van der Waals surface area contributed by atoms with E-state index in [1.807, 2.05) is 26.1 Å². The predicted molar refractivity (Wildman–Crippen MR) is 146 cm³/mol. The number of ketones is 2. The maximum atomic E-state index is 13.3. The predicted octanol–water partition coefficient (Wildman–Crippen LogP) is 7.63. The van der Waals surface area contributed by atoms with Gasteiger partial charge in [0.25, 0.3) is 0 Å². The van der Waals surface area contributed by atoms with Crippen LogP contribution >= 0.6 is 15.9 Å². The zero-order valence-corrected chi connectivity index (χ0v) is 23.7. The molecule has 0 amide bonds. The molecule has 1 aromatic carbocycles. The van der Waals surface area contributed by atoms with Crippen LogP contribution in [0.3, 0.4) is 0 Å². The molecule has 0 radical (unpaired) electrons. The molecule has 0 atom stereocenters. The van der Waals surface area contributed by atoms with Crippen LogP contribution in [0.1, 0.15) is 102 Å². The molecule has 196 valence electrons. The standard InChI is InChI=1S/C30H40BrNO4/c1-4-6-7-8-9-10-17-36-30-21(31)18-20(19-26(30)35-5-2)27-28-22(13-11-15-24(28)33)32(3)23-14-12-16-25(34)29(23)27/h18-19,27H,4-17H2,1-3H3. The summed E-state index contributed by atoms with van der Waals surface area (Å²) in [5, 5.41) is 0. The van der Waals surface area contributed by atoms with Gasteiger partial charge in [0.2, 0.25) is 0 Å². The molecule has 1 aliphatic heterocycles. The second-order valence-corrected chi connectivity index (χ2v) is 11.0. The molecule has 0 fully saturated rings. The molecule has 0 N–H and O–H groups in total. The number of hydrogen-bond donors (Lipinski definition) is 0. The van der Waals surface area contributed by atoms with E-state index in [0.717, 1.165) is 71.1 Å². The summed E-state index contributed by atoms with van der Waals surface area (Å²) in [5.41, 5.74) is 4.70. The molecule has 0 unspecified atom stereocenters. The molecule has 3 aliphatic rings. The highest BCUT2D eigenvalue weighted by Crippen LogP contribution is 2.50. The summed E-state index contributed by atoms with van der Waals surface area (Å²) in [6.45, 7) is 5.34. The largest absolute Gasteiger partial charge is 0.490 e. The van der Waals surface area contributed by atoms with Crippen molar-refractivity contribution in [3.63, 3.8) is 0 Å². The Balaban J connectivity index is 1.67. The Morgan fingerprint density at radius 3 is 2.08 bits per heavy atom. The van der Waals surface area contributed by atoms with Gasteiger partial charge < -0.3 is 14.4 Å². The van der Waals surface area contributed by atoms with Gasteiger partial charge in [-0.3, -0.25) is 9.59 Å². The first-order valence-corrected chi connectivity index (χ1v) is 14.6. The number of halogens is 1. The van der Waals surface area contributed by atoms with E-state index in [2.05, 4.69) is 27.8 Å². The molecule has 0 aromatic heterocycles. The lowest BCUT2D eigenvalue weighted by Gasteiger charge is -2.42. The van der Waals surface area contributed by atoms with E-state index in [9.17, 15) is 9.59 Å². The van der Waals surface area contributed by atoms with Gasteiger partial charge in [-0.25, -0.2) is 0 Å². The maximum Gasteiger partial charge on any atom is 0.175 e. The van der Waals surface area contributed by atoms with Crippen molar-refractivity contribution >= 4 is 27.5 Å². The minimum Gasteiger partial charge on any atom is -0.490 e. The number of hydrogen-bond acceptors (Lipinski definition) is 5. The first-order chi connectivity index (χ1) is 17.5. The van der Waals surface area contributed by atoms with Gasteiger partial charge in [0, 0.05) is 48.3 Å². The second-order valence-electron chi connectivity index (χ2n) is 10.1. The highest BCUT2D eigenvalue weighted by molar-refractivity contribution is 9.10. The van der Waals surface area contributed by atoms with Crippen LogP contribution in [0.5, 0.6) is 11.5 Å². The van der Waals surface area contributed by atoms with Gasteiger partial charge in [0.1, 0.15) is 0 Å². The fraction of sp³-hybridized carbons (Fsp3) is 0.600. The lowest BCUT2D eigenvalue weighted by Crippen LogP contribution is -2.37. The van der Waals surface area contributed by atoms with Crippen molar-refractivity contribution < 1.29 is 19.1 Å². The number of nitrogens with zero attached hydrogens (tertiary/aromatic N) is 1. The summed E-state index contributed by atoms with van der Waals surface area (Å²) in [7, 11) is 2.03. The number of carbonyl (C=O) groups is 2. The maximum absolute atomic E-state index is 13.3. The third-order valence-electron chi connectivity index (χ3n) is 7.65. The average molecular weight is 559 g/mol. The van der Waals surface area contributed by atoms with Gasteiger partial charge in [-0.15, -0.1) is 0 Å². The minimum absolute atomic E-state index is 0.163. The summed E-state index contributed by atoms with van der Waals surface area (Å²) >= 11 is 3.74. The van der Waals surface area contributed by atoms with Crippen LogP contribution in [0.4, 0.5) is 0 Å². The Bertz CT molecular complexity index is 1010. The SMILES string of the molecule is CCCCCCCCOc1c(Br)cc(C2C3=C(CCCC3=O)N(C)C3=C2C(=O)CCC3)cc1OCC.